The summed E-state index contributed by atoms with van der Waals surface area (Å²) in [6.45, 7) is 16.7. The van der Waals surface area contributed by atoms with Crippen LogP contribution in [-0.2, 0) is 11.0 Å². The number of hydrogen-bond acceptors (Lipinski definition) is 7. The van der Waals surface area contributed by atoms with E-state index in [9.17, 15) is 0 Å². The zero-order valence-corrected chi connectivity index (χ0v) is 22.4. The number of aromatic nitrogens is 2. The van der Waals surface area contributed by atoms with Crippen molar-refractivity contribution in [2.45, 2.75) is 70.0 Å². The molecular weight excluding hydrogens is 434 g/mol. The Morgan fingerprint density at radius 3 is 2.78 bits per heavy atom. The summed E-state index contributed by atoms with van der Waals surface area (Å²) in [7, 11) is -1.75. The summed E-state index contributed by atoms with van der Waals surface area (Å²) < 4.78 is 6.32. The van der Waals surface area contributed by atoms with Crippen molar-refractivity contribution < 1.29 is 4.43 Å². The molecule has 176 valence electrons. The molecule has 6 nitrogen and oxygen atoms in total. The topological polar surface area (TPSA) is 71.1 Å². The van der Waals surface area contributed by atoms with Gasteiger partial charge < -0.3 is 20.4 Å². The monoisotopic (exact) mass is 473 g/mol. The van der Waals surface area contributed by atoms with E-state index >= 15 is 0 Å². The van der Waals surface area contributed by atoms with Crippen LogP contribution < -0.4 is 16.0 Å². The van der Waals surface area contributed by atoms with Crippen molar-refractivity contribution in [1.82, 2.24) is 15.3 Å². The summed E-state index contributed by atoms with van der Waals surface area (Å²) in [6, 6.07) is 6.84. The van der Waals surface area contributed by atoms with Gasteiger partial charge in [0.2, 0.25) is 0 Å². The minimum absolute atomic E-state index is 0.215. The second-order valence-electron chi connectivity index (χ2n) is 9.95. The van der Waals surface area contributed by atoms with Gasteiger partial charge in [-0.15, -0.1) is 0 Å². The molecular formula is C24H39N5OSSi. The van der Waals surface area contributed by atoms with Gasteiger partial charge in [-0.25, -0.2) is 9.97 Å². The second kappa shape index (κ2) is 10.5. The molecule has 1 atom stereocenters. The van der Waals surface area contributed by atoms with Gasteiger partial charge in [-0.05, 0) is 48.9 Å². The summed E-state index contributed by atoms with van der Waals surface area (Å²) in [5.74, 6) is 0.897. The molecule has 1 aliphatic heterocycles. The smallest absolute Gasteiger partial charge is 0.192 e. The SMILES string of the molecule is CSc1ncc(CN[C@H]2CCNc3c(C)cccc32)c(NCCO[Si](C)(C)C(C)(C)C)n1. The fraction of sp³-hybridized carbons (Fsp3) is 0.583. The third kappa shape index (κ3) is 6.04. The number of anilines is 2. The molecule has 0 amide bonds. The summed E-state index contributed by atoms with van der Waals surface area (Å²) in [6.07, 6.45) is 5.01. The van der Waals surface area contributed by atoms with Gasteiger partial charge in [0.15, 0.2) is 13.5 Å². The van der Waals surface area contributed by atoms with Crippen LogP contribution in [0.1, 0.15) is 49.9 Å². The highest BCUT2D eigenvalue weighted by Gasteiger charge is 2.36. The van der Waals surface area contributed by atoms with E-state index in [2.05, 4.69) is 79.9 Å². The molecule has 0 spiro atoms. The molecule has 2 aromatic rings. The maximum absolute atomic E-state index is 6.32. The van der Waals surface area contributed by atoms with Crippen LogP contribution in [0.2, 0.25) is 18.1 Å². The first-order valence-electron chi connectivity index (χ1n) is 11.5. The fourth-order valence-corrected chi connectivity index (χ4v) is 5.01. The predicted molar refractivity (Wildman–Crippen MR) is 139 cm³/mol. The van der Waals surface area contributed by atoms with Crippen molar-refractivity contribution in [3.63, 3.8) is 0 Å². The van der Waals surface area contributed by atoms with Crippen LogP contribution >= 0.6 is 11.8 Å². The Morgan fingerprint density at radius 1 is 1.28 bits per heavy atom. The minimum Gasteiger partial charge on any atom is -0.415 e. The van der Waals surface area contributed by atoms with E-state index in [1.165, 1.54) is 16.8 Å². The lowest BCUT2D eigenvalue weighted by Crippen LogP contribution is -2.41. The summed E-state index contributed by atoms with van der Waals surface area (Å²) in [5.41, 5.74) is 5.00. The van der Waals surface area contributed by atoms with Crippen molar-refractivity contribution in [3.05, 3.63) is 41.1 Å². The number of thioether (sulfide) groups is 1. The van der Waals surface area contributed by atoms with Gasteiger partial charge in [-0.2, -0.15) is 0 Å². The Bertz CT molecular complexity index is 916. The van der Waals surface area contributed by atoms with Crippen LogP contribution in [0.15, 0.2) is 29.6 Å². The Hall–Kier alpha value is -1.61. The lowest BCUT2D eigenvalue weighted by molar-refractivity contribution is 0.301. The molecule has 1 aromatic heterocycles. The number of para-hydroxylation sites is 1. The molecule has 3 rings (SSSR count). The zero-order chi connectivity index (χ0) is 23.4. The summed E-state index contributed by atoms with van der Waals surface area (Å²) in [5, 5.41) is 11.8. The van der Waals surface area contributed by atoms with Crippen LogP contribution in [0.4, 0.5) is 11.5 Å². The Kier molecular flexibility index (Phi) is 8.24. The highest BCUT2D eigenvalue weighted by Crippen LogP contribution is 2.36. The Balaban J connectivity index is 1.65. The second-order valence-corrected chi connectivity index (χ2v) is 15.5. The van der Waals surface area contributed by atoms with Crippen molar-refractivity contribution in [2.75, 3.05) is 36.6 Å². The van der Waals surface area contributed by atoms with E-state index in [-0.39, 0.29) is 5.04 Å². The van der Waals surface area contributed by atoms with E-state index < -0.39 is 8.32 Å². The van der Waals surface area contributed by atoms with Crippen LogP contribution in [0.5, 0.6) is 0 Å². The van der Waals surface area contributed by atoms with E-state index in [1.54, 1.807) is 11.8 Å². The van der Waals surface area contributed by atoms with E-state index in [0.29, 0.717) is 12.6 Å². The number of nitrogens with zero attached hydrogens (tertiary/aromatic N) is 2. The number of rotatable bonds is 9. The third-order valence-corrected chi connectivity index (χ3v) is 11.7. The first-order chi connectivity index (χ1) is 15.1. The van der Waals surface area contributed by atoms with Crippen LogP contribution in [0.25, 0.3) is 0 Å². The van der Waals surface area contributed by atoms with Crippen LogP contribution in [0.3, 0.4) is 0 Å². The van der Waals surface area contributed by atoms with E-state index in [0.717, 1.165) is 42.6 Å². The maximum Gasteiger partial charge on any atom is 0.192 e. The zero-order valence-electron chi connectivity index (χ0n) is 20.6. The van der Waals surface area contributed by atoms with Gasteiger partial charge in [0, 0.05) is 43.1 Å². The van der Waals surface area contributed by atoms with Crippen LogP contribution in [0, 0.1) is 6.92 Å². The number of benzene rings is 1. The first-order valence-corrected chi connectivity index (χ1v) is 15.6. The number of fused-ring (bicyclic) bond motifs is 1. The Morgan fingerprint density at radius 2 is 2.06 bits per heavy atom. The number of nitrogens with one attached hydrogen (secondary N) is 3. The van der Waals surface area contributed by atoms with E-state index in [1.807, 2.05) is 12.5 Å². The molecule has 0 saturated carbocycles. The molecule has 3 N–H and O–H groups in total. The third-order valence-electron chi connectivity index (χ3n) is 6.64. The largest absolute Gasteiger partial charge is 0.415 e. The molecule has 0 saturated heterocycles. The van der Waals surface area contributed by atoms with Gasteiger partial charge in [0.1, 0.15) is 5.82 Å². The highest BCUT2D eigenvalue weighted by atomic mass is 32.2. The van der Waals surface area contributed by atoms with Gasteiger partial charge in [-0.1, -0.05) is 50.7 Å². The van der Waals surface area contributed by atoms with Gasteiger partial charge in [-0.3, -0.25) is 0 Å². The molecule has 32 heavy (non-hydrogen) atoms. The van der Waals surface area contributed by atoms with Crippen molar-refractivity contribution in [3.8, 4) is 0 Å². The first kappa shape index (κ1) is 25.0. The van der Waals surface area contributed by atoms with Gasteiger partial charge in [0.05, 0.1) is 6.61 Å². The van der Waals surface area contributed by atoms with Gasteiger partial charge in [0.25, 0.3) is 0 Å². The molecule has 0 radical (unpaired) electrons. The predicted octanol–water partition coefficient (Wildman–Crippen LogP) is 5.59. The average molecular weight is 474 g/mol. The normalized spacial score (nSPS) is 16.4. The number of hydrogen-bond donors (Lipinski definition) is 3. The van der Waals surface area contributed by atoms with Crippen molar-refractivity contribution >= 4 is 31.6 Å². The van der Waals surface area contributed by atoms with Crippen molar-refractivity contribution in [2.24, 2.45) is 0 Å². The standard InChI is InChI=1S/C24H39N5OSSi/c1-17-9-8-10-19-20(11-12-25-21(17)19)27-15-18-16-28-23(31-5)29-22(18)26-13-14-30-32(6,7)24(2,3)4/h8-10,16,20,25,27H,11-15H2,1-7H3,(H,26,28,29)/t20-/m0/s1. The van der Waals surface area contributed by atoms with Gasteiger partial charge >= 0.3 is 0 Å². The van der Waals surface area contributed by atoms with E-state index in [4.69, 9.17) is 9.41 Å². The number of aryl methyl sites for hydroxylation is 1. The quantitative estimate of drug-likeness (QED) is 0.190. The molecule has 0 bridgehead atoms. The molecule has 1 aromatic carbocycles. The van der Waals surface area contributed by atoms with Crippen LogP contribution in [-0.4, -0.2) is 44.2 Å². The average Bonchev–Trinajstić information content (AvgIpc) is 2.75. The Labute approximate surface area is 198 Å². The molecule has 0 fully saturated rings. The fourth-order valence-electron chi connectivity index (χ4n) is 3.63. The summed E-state index contributed by atoms with van der Waals surface area (Å²) in [4.78, 5) is 9.26. The minimum atomic E-state index is -1.75. The van der Waals surface area contributed by atoms with Crippen molar-refractivity contribution in [1.29, 1.82) is 0 Å². The lowest BCUT2D eigenvalue weighted by Gasteiger charge is -2.36. The molecule has 2 heterocycles. The summed E-state index contributed by atoms with van der Waals surface area (Å²) >= 11 is 1.56. The molecule has 0 unspecified atom stereocenters. The molecule has 8 heteroatoms. The maximum atomic E-state index is 6.32. The molecule has 1 aliphatic rings. The lowest BCUT2D eigenvalue weighted by atomic mass is 9.95. The highest BCUT2D eigenvalue weighted by molar-refractivity contribution is 7.98. The molecule has 0 aliphatic carbocycles.